The van der Waals surface area contributed by atoms with Crippen LogP contribution in [-0.2, 0) is 0 Å². The molecule has 0 aliphatic heterocycles. The fourth-order valence-electron chi connectivity index (χ4n) is 10.3. The molecule has 0 N–H and O–H groups in total. The fraction of sp³-hybridized carbons (Fsp3) is 0. The van der Waals surface area contributed by atoms with Gasteiger partial charge in [-0.15, -0.1) is 0 Å². The van der Waals surface area contributed by atoms with Crippen molar-refractivity contribution in [3.8, 4) is 39.8 Å². The van der Waals surface area contributed by atoms with Gasteiger partial charge in [0.15, 0.2) is 0 Å². The highest BCUT2D eigenvalue weighted by Crippen LogP contribution is 2.43. The van der Waals surface area contributed by atoms with Crippen molar-refractivity contribution in [1.82, 2.24) is 23.7 Å². The number of fused-ring (bicyclic) bond motifs is 3. The van der Waals surface area contributed by atoms with Crippen LogP contribution in [0.1, 0.15) is 0 Å². The maximum absolute atomic E-state index is 5.36. The van der Waals surface area contributed by atoms with Gasteiger partial charge in [0.05, 0.1) is 44.5 Å². The normalized spacial score (nSPS) is 12.3. The van der Waals surface area contributed by atoms with Gasteiger partial charge in [-0.1, -0.05) is 133 Å². The van der Waals surface area contributed by atoms with Crippen LogP contribution in [0.2, 0.25) is 0 Å². The van der Waals surface area contributed by atoms with E-state index in [1.807, 2.05) is 12.1 Å². The molecule has 0 amide bonds. The summed E-state index contributed by atoms with van der Waals surface area (Å²) in [6.45, 7) is 0. The second-order valence-corrected chi connectivity index (χ2v) is 16.2. The lowest BCUT2D eigenvalue weighted by Crippen LogP contribution is -2.04. The van der Waals surface area contributed by atoms with Gasteiger partial charge in [0.1, 0.15) is 0 Å². The Balaban J connectivity index is 1.09. The topological polar surface area (TPSA) is 40.6 Å². The fourth-order valence-corrected chi connectivity index (χ4v) is 10.3. The van der Waals surface area contributed by atoms with Gasteiger partial charge in [-0.3, -0.25) is 4.57 Å². The second kappa shape index (κ2) is 12.1. The van der Waals surface area contributed by atoms with Crippen LogP contribution in [0.5, 0.6) is 0 Å². The Morgan fingerprint density at radius 2 is 0.656 bits per heavy atom. The predicted molar refractivity (Wildman–Crippen MR) is 253 cm³/mol. The molecule has 4 aromatic heterocycles. The predicted octanol–water partition coefficient (Wildman–Crippen LogP) is 14.3. The molecule has 0 bridgehead atoms. The molecular weight excluding hydrogens is 743 g/mol. The highest BCUT2D eigenvalue weighted by atomic mass is 15.2. The number of hydrogen-bond donors (Lipinski definition) is 0. The summed E-state index contributed by atoms with van der Waals surface area (Å²) in [7, 11) is 0. The molecule has 5 heteroatoms. The highest BCUT2D eigenvalue weighted by molar-refractivity contribution is 6.25. The van der Waals surface area contributed by atoms with Crippen molar-refractivity contribution in [2.75, 3.05) is 0 Å². The third-order valence-electron chi connectivity index (χ3n) is 12.9. The van der Waals surface area contributed by atoms with E-state index in [4.69, 9.17) is 9.97 Å². The zero-order valence-electron chi connectivity index (χ0n) is 32.8. The first kappa shape index (κ1) is 32.7. The largest absolute Gasteiger partial charge is 0.309 e. The lowest BCUT2D eigenvalue weighted by Gasteiger charge is -2.12. The van der Waals surface area contributed by atoms with Crippen molar-refractivity contribution >= 4 is 87.0 Å². The highest BCUT2D eigenvalue weighted by Gasteiger charge is 2.22. The Labute approximate surface area is 349 Å². The lowest BCUT2D eigenvalue weighted by atomic mass is 10.0. The van der Waals surface area contributed by atoms with Gasteiger partial charge in [-0.05, 0) is 88.3 Å². The van der Waals surface area contributed by atoms with Gasteiger partial charge in [0.2, 0.25) is 5.95 Å². The first-order valence-electron chi connectivity index (χ1n) is 20.8. The minimum atomic E-state index is 0.631. The van der Waals surface area contributed by atoms with Crippen LogP contribution in [0.4, 0.5) is 0 Å². The maximum atomic E-state index is 5.36. The molecule has 10 aromatic carbocycles. The number of hydrogen-bond acceptors (Lipinski definition) is 2. The molecular formula is C56H33N5. The van der Waals surface area contributed by atoms with Gasteiger partial charge < -0.3 is 9.13 Å². The average molecular weight is 776 g/mol. The van der Waals surface area contributed by atoms with Crippen molar-refractivity contribution in [2.45, 2.75) is 0 Å². The van der Waals surface area contributed by atoms with E-state index in [1.54, 1.807) is 0 Å². The van der Waals surface area contributed by atoms with Crippen molar-refractivity contribution in [3.05, 3.63) is 200 Å². The Hall–Kier alpha value is -8.28. The van der Waals surface area contributed by atoms with E-state index >= 15 is 0 Å². The van der Waals surface area contributed by atoms with Gasteiger partial charge in [-0.25, -0.2) is 9.97 Å². The molecule has 0 saturated carbocycles. The van der Waals surface area contributed by atoms with E-state index < -0.39 is 0 Å². The molecule has 5 nitrogen and oxygen atoms in total. The molecule has 4 heterocycles. The molecule has 14 aromatic rings. The molecule has 0 aliphatic rings. The molecule has 61 heavy (non-hydrogen) atoms. The van der Waals surface area contributed by atoms with Crippen LogP contribution in [0.3, 0.4) is 0 Å². The Bertz CT molecular complexity index is 3650. The smallest absolute Gasteiger partial charge is 0.235 e. The zero-order valence-corrected chi connectivity index (χ0v) is 32.8. The van der Waals surface area contributed by atoms with E-state index in [0.717, 1.165) is 55.7 Å². The van der Waals surface area contributed by atoms with E-state index in [2.05, 4.69) is 202 Å². The third-order valence-corrected chi connectivity index (χ3v) is 12.9. The van der Waals surface area contributed by atoms with Crippen LogP contribution in [0.25, 0.3) is 127 Å². The quantitative estimate of drug-likeness (QED) is 0.163. The monoisotopic (exact) mass is 775 g/mol. The molecule has 0 saturated heterocycles. The van der Waals surface area contributed by atoms with Crippen LogP contribution >= 0.6 is 0 Å². The van der Waals surface area contributed by atoms with Crippen LogP contribution < -0.4 is 0 Å². The molecule has 0 spiro atoms. The van der Waals surface area contributed by atoms with E-state index in [9.17, 15) is 0 Å². The van der Waals surface area contributed by atoms with E-state index in [1.165, 1.54) is 65.2 Å². The second-order valence-electron chi connectivity index (χ2n) is 16.2. The van der Waals surface area contributed by atoms with Crippen LogP contribution in [0.15, 0.2) is 200 Å². The van der Waals surface area contributed by atoms with Gasteiger partial charge in [-0.2, -0.15) is 0 Å². The summed E-state index contributed by atoms with van der Waals surface area (Å²) in [4.78, 5) is 10.7. The summed E-state index contributed by atoms with van der Waals surface area (Å²) in [5.41, 5.74) is 13.0. The molecule has 0 atom stereocenters. The lowest BCUT2D eigenvalue weighted by molar-refractivity contribution is 0.995. The average Bonchev–Trinajstić information content (AvgIpc) is 3.97. The Morgan fingerprint density at radius 3 is 1.03 bits per heavy atom. The Morgan fingerprint density at radius 1 is 0.279 bits per heavy atom. The number of benzene rings is 10. The van der Waals surface area contributed by atoms with Crippen molar-refractivity contribution in [3.63, 3.8) is 0 Å². The molecule has 0 unspecified atom stereocenters. The first-order valence-corrected chi connectivity index (χ1v) is 20.8. The van der Waals surface area contributed by atoms with Gasteiger partial charge in [0, 0.05) is 54.8 Å². The third kappa shape index (κ3) is 4.55. The van der Waals surface area contributed by atoms with Gasteiger partial charge in [0.25, 0.3) is 0 Å². The maximum Gasteiger partial charge on any atom is 0.235 e. The van der Waals surface area contributed by atoms with Crippen molar-refractivity contribution in [1.29, 1.82) is 0 Å². The molecule has 282 valence electrons. The van der Waals surface area contributed by atoms with Crippen molar-refractivity contribution < 1.29 is 0 Å². The van der Waals surface area contributed by atoms with Gasteiger partial charge >= 0.3 is 0 Å². The molecule has 0 fully saturated rings. The molecule has 14 rings (SSSR count). The van der Waals surface area contributed by atoms with E-state index in [-0.39, 0.29) is 0 Å². The number of nitrogens with zero attached hydrogens (tertiary/aromatic N) is 5. The summed E-state index contributed by atoms with van der Waals surface area (Å²) in [6.07, 6.45) is 0. The molecule has 0 aliphatic carbocycles. The number of rotatable bonds is 5. The molecule has 0 radical (unpaired) electrons. The van der Waals surface area contributed by atoms with Crippen LogP contribution in [-0.4, -0.2) is 23.7 Å². The SMILES string of the molecule is c1ccc(-c2cc(-c3ccccc3)nc(-n3c4ccc(-n5c6cccc7ccc8cccc5c8c76)cc4c4cc(-n5c6cccc7ccc8cccc5c8c76)ccc43)n2)cc1. The standard InChI is InChI=1S/C56H33N5/c1-3-11-34(12-4-1)44-33-45(35-13-5-2-6-14-35)58-56(57-44)61-46-29-27-40(59-48-19-7-15-36-23-24-37-16-8-20-49(59)53(37)52(36)48)31-42(46)43-32-41(28-30-47(43)61)60-50-21-9-17-38-25-26-39-18-10-22-51(60)55(39)54(38)50/h1-33H. The van der Waals surface area contributed by atoms with Crippen molar-refractivity contribution in [2.24, 2.45) is 0 Å². The Kier molecular flexibility index (Phi) is 6.49. The minimum absolute atomic E-state index is 0.631. The summed E-state index contributed by atoms with van der Waals surface area (Å²) in [6, 6.07) is 72.4. The number of aromatic nitrogens is 5. The minimum Gasteiger partial charge on any atom is -0.309 e. The summed E-state index contributed by atoms with van der Waals surface area (Å²) in [5.74, 6) is 0.631. The van der Waals surface area contributed by atoms with E-state index in [0.29, 0.717) is 5.95 Å². The summed E-state index contributed by atoms with van der Waals surface area (Å²) < 4.78 is 7.14. The summed E-state index contributed by atoms with van der Waals surface area (Å²) >= 11 is 0. The first-order chi connectivity index (χ1) is 30.2. The zero-order chi connectivity index (χ0) is 39.8. The van der Waals surface area contributed by atoms with Crippen LogP contribution in [0, 0.1) is 0 Å². The summed E-state index contributed by atoms with van der Waals surface area (Å²) in [5, 5.41) is 12.5.